The van der Waals surface area contributed by atoms with Gasteiger partial charge in [0.1, 0.15) is 11.6 Å². The van der Waals surface area contributed by atoms with Crippen LogP contribution in [-0.2, 0) is 12.8 Å². The second-order valence-electron chi connectivity index (χ2n) is 6.83. The Morgan fingerprint density at radius 3 is 2.50 bits per heavy atom. The maximum atomic E-state index is 8.92. The van der Waals surface area contributed by atoms with E-state index in [9.17, 15) is 0 Å². The van der Waals surface area contributed by atoms with Crippen LogP contribution >= 0.6 is 0 Å². The van der Waals surface area contributed by atoms with Crippen molar-refractivity contribution in [2.75, 3.05) is 11.9 Å². The number of rotatable bonds is 8. The molecule has 3 rings (SSSR count). The number of nitrogens with one attached hydrogen (secondary N) is 1. The smallest absolute Gasteiger partial charge is 0.149 e. The van der Waals surface area contributed by atoms with Crippen molar-refractivity contribution in [1.82, 2.24) is 9.97 Å². The van der Waals surface area contributed by atoms with E-state index in [0.29, 0.717) is 24.2 Å². The van der Waals surface area contributed by atoms with Gasteiger partial charge in [0.05, 0.1) is 17.2 Å². The number of aliphatic hydroxyl groups excluding tert-OH is 1. The van der Waals surface area contributed by atoms with Crippen LogP contribution in [0.2, 0.25) is 0 Å². The van der Waals surface area contributed by atoms with E-state index in [1.54, 1.807) is 6.20 Å². The van der Waals surface area contributed by atoms with Crippen molar-refractivity contribution in [3.8, 4) is 17.9 Å². The first kappa shape index (κ1) is 21.0. The van der Waals surface area contributed by atoms with Crippen molar-refractivity contribution in [3.05, 3.63) is 83.3 Å². The molecule has 3 aromatic rings. The van der Waals surface area contributed by atoms with Gasteiger partial charge >= 0.3 is 0 Å². The molecular weight excluding hydrogens is 372 g/mol. The summed E-state index contributed by atoms with van der Waals surface area (Å²) < 4.78 is 0. The van der Waals surface area contributed by atoms with E-state index in [1.165, 1.54) is 5.56 Å². The van der Waals surface area contributed by atoms with E-state index < -0.39 is 0 Å². The minimum Gasteiger partial charge on any atom is -0.396 e. The summed E-state index contributed by atoms with van der Waals surface area (Å²) in [6.07, 6.45) is 5.62. The molecule has 0 atom stereocenters. The largest absolute Gasteiger partial charge is 0.396 e. The lowest BCUT2D eigenvalue weighted by molar-refractivity contribution is 0.290. The Labute approximate surface area is 177 Å². The Kier molecular flexibility index (Phi) is 7.97. The summed E-state index contributed by atoms with van der Waals surface area (Å²) in [6, 6.07) is 19.7. The summed E-state index contributed by atoms with van der Waals surface area (Å²) in [6.45, 7) is 0.137. The monoisotopic (exact) mass is 396 g/mol. The molecule has 0 saturated carbocycles. The molecule has 0 amide bonds. The quantitative estimate of drug-likeness (QED) is 0.436. The zero-order valence-corrected chi connectivity index (χ0v) is 16.8. The van der Waals surface area contributed by atoms with Crippen molar-refractivity contribution in [2.24, 2.45) is 0 Å². The summed E-state index contributed by atoms with van der Waals surface area (Å²) in [5.74, 6) is 7.64. The van der Waals surface area contributed by atoms with Gasteiger partial charge in [0.2, 0.25) is 0 Å². The number of unbranched alkanes of at least 4 members (excludes halogenated alkanes) is 1. The van der Waals surface area contributed by atoms with E-state index in [4.69, 9.17) is 15.4 Å². The van der Waals surface area contributed by atoms with Crippen LogP contribution in [0.15, 0.2) is 60.8 Å². The van der Waals surface area contributed by atoms with Crippen LogP contribution in [0, 0.1) is 23.2 Å². The number of nitriles is 1. The second-order valence-corrected chi connectivity index (χ2v) is 6.83. The Balaban J connectivity index is 1.70. The molecular formula is C25H24N4O. The van der Waals surface area contributed by atoms with Gasteiger partial charge in [0, 0.05) is 31.3 Å². The first-order valence-corrected chi connectivity index (χ1v) is 10.1. The van der Waals surface area contributed by atoms with Crippen LogP contribution in [0.4, 0.5) is 11.5 Å². The highest BCUT2D eigenvalue weighted by molar-refractivity contribution is 5.62. The summed E-state index contributed by atoms with van der Waals surface area (Å²) >= 11 is 0. The predicted molar refractivity (Wildman–Crippen MR) is 118 cm³/mol. The number of hydrogen-bond acceptors (Lipinski definition) is 5. The van der Waals surface area contributed by atoms with Crippen LogP contribution < -0.4 is 5.32 Å². The third kappa shape index (κ3) is 6.44. The first-order valence-electron chi connectivity index (χ1n) is 10.1. The molecule has 2 N–H and O–H groups in total. The Morgan fingerprint density at radius 1 is 0.967 bits per heavy atom. The maximum Gasteiger partial charge on any atom is 0.149 e. The lowest BCUT2D eigenvalue weighted by Crippen LogP contribution is -2.03. The minimum atomic E-state index is 0.137. The molecule has 30 heavy (non-hydrogen) atoms. The van der Waals surface area contributed by atoms with Gasteiger partial charge in [-0.25, -0.2) is 9.97 Å². The highest BCUT2D eigenvalue weighted by atomic mass is 16.2. The molecule has 0 unspecified atom stereocenters. The van der Waals surface area contributed by atoms with Gasteiger partial charge in [-0.15, -0.1) is 0 Å². The fraction of sp³-hybridized carbons (Fsp3) is 0.240. The van der Waals surface area contributed by atoms with E-state index in [2.05, 4.69) is 28.2 Å². The molecule has 150 valence electrons. The topological polar surface area (TPSA) is 81.8 Å². The van der Waals surface area contributed by atoms with Crippen LogP contribution in [0.25, 0.3) is 0 Å². The molecule has 0 aliphatic rings. The summed E-state index contributed by atoms with van der Waals surface area (Å²) in [5, 5.41) is 21.2. The fourth-order valence-corrected chi connectivity index (χ4v) is 2.91. The number of para-hydroxylation sites is 1. The number of benzene rings is 2. The van der Waals surface area contributed by atoms with Gasteiger partial charge in [-0.2, -0.15) is 5.26 Å². The van der Waals surface area contributed by atoms with Gasteiger partial charge in [0.25, 0.3) is 0 Å². The molecule has 5 nitrogen and oxygen atoms in total. The molecule has 5 heteroatoms. The number of nitrogens with zero attached hydrogens (tertiary/aromatic N) is 3. The zero-order chi connectivity index (χ0) is 21.0. The highest BCUT2D eigenvalue weighted by Gasteiger charge is 2.07. The number of aryl methyl sites for hydroxylation is 2. The predicted octanol–water partition coefficient (Wildman–Crippen LogP) is 4.39. The Morgan fingerprint density at radius 2 is 1.77 bits per heavy atom. The van der Waals surface area contributed by atoms with Crippen molar-refractivity contribution < 1.29 is 5.11 Å². The summed E-state index contributed by atoms with van der Waals surface area (Å²) in [4.78, 5) is 9.20. The molecule has 0 aliphatic carbocycles. The van der Waals surface area contributed by atoms with Crippen LogP contribution in [-0.4, -0.2) is 21.7 Å². The second kappa shape index (κ2) is 11.4. The molecule has 0 spiro atoms. The van der Waals surface area contributed by atoms with Crippen molar-refractivity contribution >= 4 is 11.5 Å². The van der Waals surface area contributed by atoms with Crippen molar-refractivity contribution in [2.45, 2.75) is 32.1 Å². The van der Waals surface area contributed by atoms with E-state index in [-0.39, 0.29) is 6.61 Å². The number of aromatic nitrogens is 2. The minimum absolute atomic E-state index is 0.137. The molecule has 0 aliphatic heterocycles. The van der Waals surface area contributed by atoms with Crippen LogP contribution in [0.3, 0.4) is 0 Å². The van der Waals surface area contributed by atoms with E-state index in [0.717, 1.165) is 36.3 Å². The van der Waals surface area contributed by atoms with Gasteiger partial charge < -0.3 is 10.4 Å². The Bertz CT molecular complexity index is 1040. The summed E-state index contributed by atoms with van der Waals surface area (Å²) in [5.41, 5.74) is 3.56. The van der Waals surface area contributed by atoms with E-state index >= 15 is 0 Å². The standard InChI is InChI=1S/C25H24N4O/c26-18-21-15-13-20(14-16-21)8-7-12-24-27-19-22(9-3-2-6-17-30)25(29-24)28-23-10-4-1-5-11-23/h1,4-5,10-11,13-16,19,30H,2,6-8,12,17H2,(H,27,28,29). The lowest BCUT2D eigenvalue weighted by Gasteiger charge is -2.09. The molecule has 1 aromatic heterocycles. The third-order valence-corrected chi connectivity index (χ3v) is 4.51. The molecule has 0 radical (unpaired) electrons. The zero-order valence-electron chi connectivity index (χ0n) is 16.8. The fourth-order valence-electron chi connectivity index (χ4n) is 2.91. The molecule has 0 bridgehead atoms. The van der Waals surface area contributed by atoms with Crippen molar-refractivity contribution in [3.63, 3.8) is 0 Å². The third-order valence-electron chi connectivity index (χ3n) is 4.51. The van der Waals surface area contributed by atoms with Crippen molar-refractivity contribution in [1.29, 1.82) is 5.26 Å². The van der Waals surface area contributed by atoms with E-state index in [1.807, 2.05) is 54.6 Å². The average Bonchev–Trinajstić information content (AvgIpc) is 2.79. The van der Waals surface area contributed by atoms with Gasteiger partial charge in [0.15, 0.2) is 0 Å². The lowest BCUT2D eigenvalue weighted by atomic mass is 10.1. The Hall–Kier alpha value is -3.67. The summed E-state index contributed by atoms with van der Waals surface area (Å²) in [7, 11) is 0. The highest BCUT2D eigenvalue weighted by Crippen LogP contribution is 2.18. The molecule has 2 aromatic carbocycles. The average molecular weight is 396 g/mol. The maximum absolute atomic E-state index is 8.92. The van der Waals surface area contributed by atoms with Crippen LogP contribution in [0.1, 0.15) is 41.8 Å². The number of aliphatic hydroxyl groups is 1. The van der Waals surface area contributed by atoms with Gasteiger partial charge in [-0.1, -0.05) is 42.2 Å². The number of anilines is 2. The normalized spacial score (nSPS) is 10.0. The molecule has 0 saturated heterocycles. The SMILES string of the molecule is N#Cc1ccc(CCCc2ncc(C#CCCCO)c(Nc3ccccc3)n2)cc1. The number of hydrogen-bond donors (Lipinski definition) is 2. The molecule has 0 fully saturated rings. The van der Waals surface area contributed by atoms with Gasteiger partial charge in [-0.3, -0.25) is 0 Å². The van der Waals surface area contributed by atoms with Crippen LogP contribution in [0.5, 0.6) is 0 Å². The van der Waals surface area contributed by atoms with Gasteiger partial charge in [-0.05, 0) is 49.1 Å². The molecule has 1 heterocycles. The first-order chi connectivity index (χ1) is 14.8.